The summed E-state index contributed by atoms with van der Waals surface area (Å²) in [5, 5.41) is 7.09. The molecular formula is C22H30N6O3. The molecule has 31 heavy (non-hydrogen) atoms. The van der Waals surface area contributed by atoms with Crippen molar-refractivity contribution in [2.24, 2.45) is 0 Å². The zero-order valence-corrected chi connectivity index (χ0v) is 18.2. The SMILES string of the molecule is Cc1noc(C)c1CC(=O)N1CCN(C(=O)NC2CCN(c3ccccn3)CC2)CC1. The van der Waals surface area contributed by atoms with E-state index in [-0.39, 0.29) is 18.0 Å². The Morgan fingerprint density at radius 2 is 1.77 bits per heavy atom. The third kappa shape index (κ3) is 4.98. The standard InChI is InChI=1S/C22H30N6O3/c1-16-19(17(2)31-25-16)15-21(29)27-11-13-28(14-12-27)22(30)24-18-6-9-26(10-7-18)20-5-3-4-8-23-20/h3-5,8,18H,6-7,9-15H2,1-2H3,(H,24,30). The quantitative estimate of drug-likeness (QED) is 0.801. The number of aromatic nitrogens is 2. The van der Waals surface area contributed by atoms with Crippen LogP contribution in [0.2, 0.25) is 0 Å². The molecule has 3 amide bonds. The van der Waals surface area contributed by atoms with Crippen molar-refractivity contribution in [3.8, 4) is 0 Å². The topological polar surface area (TPSA) is 94.8 Å². The molecule has 1 N–H and O–H groups in total. The largest absolute Gasteiger partial charge is 0.361 e. The van der Waals surface area contributed by atoms with Crippen LogP contribution in [-0.2, 0) is 11.2 Å². The normalized spacial score (nSPS) is 17.7. The highest BCUT2D eigenvalue weighted by Crippen LogP contribution is 2.18. The molecule has 9 heteroatoms. The van der Waals surface area contributed by atoms with Crippen molar-refractivity contribution >= 4 is 17.8 Å². The first-order chi connectivity index (χ1) is 15.0. The second-order valence-electron chi connectivity index (χ2n) is 8.25. The van der Waals surface area contributed by atoms with E-state index in [1.54, 1.807) is 0 Å². The molecule has 0 atom stereocenters. The van der Waals surface area contributed by atoms with Crippen molar-refractivity contribution in [1.82, 2.24) is 25.3 Å². The minimum Gasteiger partial charge on any atom is -0.361 e. The van der Waals surface area contributed by atoms with Crippen molar-refractivity contribution in [3.05, 3.63) is 41.4 Å². The second-order valence-corrected chi connectivity index (χ2v) is 8.25. The Kier molecular flexibility index (Phi) is 6.39. The predicted octanol–water partition coefficient (Wildman–Crippen LogP) is 1.75. The van der Waals surface area contributed by atoms with E-state index in [9.17, 15) is 9.59 Å². The number of amides is 3. The number of piperazine rings is 1. The van der Waals surface area contributed by atoms with E-state index in [1.165, 1.54) is 0 Å². The van der Waals surface area contributed by atoms with Gasteiger partial charge in [-0.15, -0.1) is 0 Å². The molecule has 2 aliphatic heterocycles. The molecule has 2 aliphatic rings. The summed E-state index contributed by atoms with van der Waals surface area (Å²) in [5.41, 5.74) is 1.63. The lowest BCUT2D eigenvalue weighted by Gasteiger charge is -2.37. The van der Waals surface area contributed by atoms with Crippen molar-refractivity contribution in [1.29, 1.82) is 0 Å². The number of pyridine rings is 1. The van der Waals surface area contributed by atoms with Crippen molar-refractivity contribution in [2.75, 3.05) is 44.2 Å². The van der Waals surface area contributed by atoms with Crippen LogP contribution in [0.1, 0.15) is 29.9 Å². The molecule has 0 spiro atoms. The first-order valence-electron chi connectivity index (χ1n) is 10.9. The summed E-state index contributed by atoms with van der Waals surface area (Å²) >= 11 is 0. The number of piperidine rings is 1. The minimum absolute atomic E-state index is 0.0332. The van der Waals surface area contributed by atoms with Crippen LogP contribution in [0.4, 0.5) is 10.6 Å². The smallest absolute Gasteiger partial charge is 0.317 e. The van der Waals surface area contributed by atoms with Gasteiger partial charge in [-0.2, -0.15) is 0 Å². The monoisotopic (exact) mass is 426 g/mol. The van der Waals surface area contributed by atoms with Crippen LogP contribution in [0, 0.1) is 13.8 Å². The lowest BCUT2D eigenvalue weighted by Crippen LogP contribution is -2.55. The van der Waals surface area contributed by atoms with E-state index in [1.807, 2.05) is 48.0 Å². The summed E-state index contributed by atoms with van der Waals surface area (Å²) in [5.74, 6) is 1.74. The maximum atomic E-state index is 12.7. The molecular weight excluding hydrogens is 396 g/mol. The Bertz CT molecular complexity index is 880. The van der Waals surface area contributed by atoms with Crippen LogP contribution in [0.15, 0.2) is 28.9 Å². The number of hydrogen-bond donors (Lipinski definition) is 1. The Morgan fingerprint density at radius 1 is 1.06 bits per heavy atom. The van der Waals surface area contributed by atoms with E-state index in [0.717, 1.165) is 43.0 Å². The maximum absolute atomic E-state index is 12.7. The van der Waals surface area contributed by atoms with Gasteiger partial charge in [0.2, 0.25) is 5.91 Å². The van der Waals surface area contributed by atoms with Crippen molar-refractivity contribution < 1.29 is 14.1 Å². The molecule has 4 heterocycles. The van der Waals surface area contributed by atoms with Gasteiger partial charge in [-0.3, -0.25) is 4.79 Å². The number of carbonyl (C=O) groups excluding carboxylic acids is 2. The molecule has 2 aromatic rings. The molecule has 0 bridgehead atoms. The van der Waals surface area contributed by atoms with Crippen molar-refractivity contribution in [2.45, 2.75) is 39.2 Å². The summed E-state index contributed by atoms with van der Waals surface area (Å²) in [6.07, 6.45) is 3.90. The fraction of sp³-hybridized carbons (Fsp3) is 0.545. The van der Waals surface area contributed by atoms with Gasteiger partial charge < -0.3 is 24.5 Å². The number of anilines is 1. The molecule has 4 rings (SSSR count). The number of urea groups is 1. The Hall–Kier alpha value is -3.10. The maximum Gasteiger partial charge on any atom is 0.317 e. The molecule has 2 aromatic heterocycles. The summed E-state index contributed by atoms with van der Waals surface area (Å²) in [6, 6.07) is 6.07. The number of aryl methyl sites for hydroxylation is 2. The van der Waals surface area contributed by atoms with E-state index in [2.05, 4.69) is 20.4 Å². The van der Waals surface area contributed by atoms with Crippen LogP contribution >= 0.6 is 0 Å². The molecule has 166 valence electrons. The van der Waals surface area contributed by atoms with Crippen LogP contribution in [0.5, 0.6) is 0 Å². The van der Waals surface area contributed by atoms with Gasteiger partial charge in [0, 0.05) is 57.1 Å². The predicted molar refractivity (Wildman–Crippen MR) is 116 cm³/mol. The van der Waals surface area contributed by atoms with Gasteiger partial charge >= 0.3 is 6.03 Å². The fourth-order valence-corrected chi connectivity index (χ4v) is 4.24. The number of carbonyl (C=O) groups is 2. The van der Waals surface area contributed by atoms with Gasteiger partial charge in [0.05, 0.1) is 12.1 Å². The van der Waals surface area contributed by atoms with Crippen LogP contribution < -0.4 is 10.2 Å². The van der Waals surface area contributed by atoms with Gasteiger partial charge in [-0.05, 0) is 38.8 Å². The molecule has 2 fully saturated rings. The van der Waals surface area contributed by atoms with Crippen molar-refractivity contribution in [3.63, 3.8) is 0 Å². The molecule has 9 nitrogen and oxygen atoms in total. The average molecular weight is 427 g/mol. The number of nitrogens with zero attached hydrogens (tertiary/aromatic N) is 5. The molecule has 0 radical (unpaired) electrons. The van der Waals surface area contributed by atoms with Crippen LogP contribution in [0.25, 0.3) is 0 Å². The number of nitrogens with one attached hydrogen (secondary N) is 1. The molecule has 2 saturated heterocycles. The molecule has 0 aliphatic carbocycles. The van der Waals surface area contributed by atoms with Gasteiger partial charge in [0.15, 0.2) is 0 Å². The first-order valence-corrected chi connectivity index (χ1v) is 10.9. The van der Waals surface area contributed by atoms with E-state index in [0.29, 0.717) is 38.4 Å². The minimum atomic E-state index is -0.0332. The van der Waals surface area contributed by atoms with Gasteiger partial charge in [-0.1, -0.05) is 11.2 Å². The lowest BCUT2D eigenvalue weighted by atomic mass is 10.1. The third-order valence-corrected chi connectivity index (χ3v) is 6.22. The highest BCUT2D eigenvalue weighted by atomic mass is 16.5. The number of rotatable bonds is 4. The summed E-state index contributed by atoms with van der Waals surface area (Å²) < 4.78 is 5.15. The van der Waals surface area contributed by atoms with Crippen LogP contribution in [0.3, 0.4) is 0 Å². The Morgan fingerprint density at radius 3 is 2.39 bits per heavy atom. The highest BCUT2D eigenvalue weighted by Gasteiger charge is 2.28. The van der Waals surface area contributed by atoms with Gasteiger partial charge in [0.25, 0.3) is 0 Å². The van der Waals surface area contributed by atoms with E-state index < -0.39 is 0 Å². The third-order valence-electron chi connectivity index (χ3n) is 6.22. The second kappa shape index (κ2) is 9.36. The Labute approximate surface area is 182 Å². The zero-order chi connectivity index (χ0) is 21.8. The van der Waals surface area contributed by atoms with Crippen LogP contribution in [-0.4, -0.2) is 77.2 Å². The summed E-state index contributed by atoms with van der Waals surface area (Å²) in [7, 11) is 0. The molecule has 0 aromatic carbocycles. The highest BCUT2D eigenvalue weighted by molar-refractivity contribution is 5.80. The fourth-order valence-electron chi connectivity index (χ4n) is 4.24. The average Bonchev–Trinajstić information content (AvgIpc) is 3.12. The molecule has 0 unspecified atom stereocenters. The summed E-state index contributed by atoms with van der Waals surface area (Å²) in [4.78, 5) is 35.6. The van der Waals surface area contributed by atoms with Gasteiger partial charge in [-0.25, -0.2) is 9.78 Å². The van der Waals surface area contributed by atoms with E-state index in [4.69, 9.17) is 4.52 Å². The lowest BCUT2D eigenvalue weighted by molar-refractivity contribution is -0.131. The first kappa shape index (κ1) is 21.1. The number of hydrogen-bond acceptors (Lipinski definition) is 6. The van der Waals surface area contributed by atoms with E-state index >= 15 is 0 Å². The summed E-state index contributed by atoms with van der Waals surface area (Å²) in [6.45, 7) is 7.63. The van der Waals surface area contributed by atoms with Gasteiger partial charge in [0.1, 0.15) is 11.6 Å². The zero-order valence-electron chi connectivity index (χ0n) is 18.2. The molecule has 0 saturated carbocycles. The Balaban J connectivity index is 1.20.